The minimum Gasteiger partial charge on any atom is -0.444 e. The molecular formula is C29H39FN6O3. The summed E-state index contributed by atoms with van der Waals surface area (Å²) in [5.41, 5.74) is 0.598. The maximum absolute atomic E-state index is 13.5. The van der Waals surface area contributed by atoms with Crippen molar-refractivity contribution in [3.05, 3.63) is 41.8 Å². The van der Waals surface area contributed by atoms with Crippen molar-refractivity contribution in [2.24, 2.45) is 5.92 Å². The summed E-state index contributed by atoms with van der Waals surface area (Å²) in [7, 11) is 1.55. The van der Waals surface area contributed by atoms with Crippen LogP contribution in [0.25, 0.3) is 0 Å². The molecule has 0 saturated heterocycles. The third-order valence-corrected chi connectivity index (χ3v) is 5.83. The van der Waals surface area contributed by atoms with E-state index >= 15 is 0 Å². The first-order valence-corrected chi connectivity index (χ1v) is 13.3. The first-order valence-electron chi connectivity index (χ1n) is 13.3. The van der Waals surface area contributed by atoms with Gasteiger partial charge in [0.2, 0.25) is 11.9 Å². The highest BCUT2D eigenvalue weighted by molar-refractivity contribution is 5.82. The van der Waals surface area contributed by atoms with Crippen LogP contribution in [-0.4, -0.2) is 58.1 Å². The van der Waals surface area contributed by atoms with Crippen molar-refractivity contribution in [2.45, 2.75) is 78.0 Å². The van der Waals surface area contributed by atoms with Gasteiger partial charge in [-0.2, -0.15) is 4.98 Å². The van der Waals surface area contributed by atoms with Gasteiger partial charge in [0.15, 0.2) is 0 Å². The van der Waals surface area contributed by atoms with Crippen molar-refractivity contribution >= 4 is 29.5 Å². The van der Waals surface area contributed by atoms with Crippen LogP contribution in [0.15, 0.2) is 30.5 Å². The quantitative estimate of drug-likeness (QED) is 0.422. The summed E-state index contributed by atoms with van der Waals surface area (Å²) in [5, 5.41) is 9.37. The van der Waals surface area contributed by atoms with Gasteiger partial charge in [-0.15, -0.1) is 0 Å². The maximum atomic E-state index is 13.5. The lowest BCUT2D eigenvalue weighted by Gasteiger charge is -2.28. The number of rotatable bonds is 7. The number of ether oxygens (including phenoxy) is 1. The van der Waals surface area contributed by atoms with Gasteiger partial charge in [0.05, 0.1) is 11.8 Å². The molecule has 0 unspecified atom stereocenters. The lowest BCUT2D eigenvalue weighted by atomic mass is 9.86. The Hall–Kier alpha value is -3.87. The molecule has 1 aromatic carbocycles. The summed E-state index contributed by atoms with van der Waals surface area (Å²) in [6.45, 7) is 9.30. The molecule has 1 fully saturated rings. The molecule has 210 valence electrons. The van der Waals surface area contributed by atoms with Crippen LogP contribution < -0.4 is 16.0 Å². The largest absolute Gasteiger partial charge is 0.444 e. The number of aromatic nitrogens is 2. The number of amides is 2. The summed E-state index contributed by atoms with van der Waals surface area (Å²) in [4.78, 5) is 34.9. The fraction of sp³-hybridized carbons (Fsp3) is 0.517. The van der Waals surface area contributed by atoms with Crippen LogP contribution in [-0.2, 0) is 9.53 Å². The number of nitrogens with zero attached hydrogens (tertiary/aromatic N) is 3. The monoisotopic (exact) mass is 538 g/mol. The molecule has 1 heterocycles. The lowest BCUT2D eigenvalue weighted by Crippen LogP contribution is -2.45. The van der Waals surface area contributed by atoms with E-state index in [-0.39, 0.29) is 36.3 Å². The predicted molar refractivity (Wildman–Crippen MR) is 150 cm³/mol. The molecule has 3 N–H and O–H groups in total. The van der Waals surface area contributed by atoms with Gasteiger partial charge in [-0.05, 0) is 72.1 Å². The van der Waals surface area contributed by atoms with E-state index in [4.69, 9.17) is 4.74 Å². The number of nitrogens with one attached hydrogen (secondary N) is 3. The molecule has 2 amide bonds. The van der Waals surface area contributed by atoms with E-state index in [1.54, 1.807) is 46.1 Å². The molecule has 2 atom stereocenters. The number of hydrogen-bond donors (Lipinski definition) is 3. The van der Waals surface area contributed by atoms with E-state index in [1.165, 1.54) is 17.0 Å². The van der Waals surface area contributed by atoms with E-state index in [2.05, 4.69) is 37.8 Å². The van der Waals surface area contributed by atoms with Crippen molar-refractivity contribution in [3.63, 3.8) is 0 Å². The van der Waals surface area contributed by atoms with Gasteiger partial charge in [-0.25, -0.2) is 14.2 Å². The molecule has 9 nitrogen and oxygen atoms in total. The Morgan fingerprint density at radius 1 is 1.26 bits per heavy atom. The molecule has 39 heavy (non-hydrogen) atoms. The zero-order valence-corrected chi connectivity index (χ0v) is 23.6. The Balaban J connectivity index is 1.62. The SMILES string of the molecule is CC(C)Nc1nc(Nc2cccc(F)c2)ncc1C#C[C@@H]1CCC[C@H](NC(=O)CN(C)C(=O)OC(C)(C)C)C1. The van der Waals surface area contributed by atoms with E-state index in [0.717, 1.165) is 25.7 Å². The van der Waals surface area contributed by atoms with Crippen LogP contribution in [0.5, 0.6) is 0 Å². The molecule has 3 rings (SSSR count). The van der Waals surface area contributed by atoms with E-state index in [0.29, 0.717) is 23.0 Å². The second-order valence-corrected chi connectivity index (χ2v) is 11.1. The minimum atomic E-state index is -0.620. The van der Waals surface area contributed by atoms with Crippen LogP contribution in [0, 0.1) is 23.6 Å². The van der Waals surface area contributed by atoms with E-state index in [9.17, 15) is 14.0 Å². The molecule has 0 spiro atoms. The van der Waals surface area contributed by atoms with E-state index < -0.39 is 11.7 Å². The van der Waals surface area contributed by atoms with Crippen LogP contribution in [0.2, 0.25) is 0 Å². The van der Waals surface area contributed by atoms with Crippen LogP contribution in [0.3, 0.4) is 0 Å². The number of anilines is 3. The number of benzene rings is 1. The highest BCUT2D eigenvalue weighted by Gasteiger charge is 2.25. The van der Waals surface area contributed by atoms with Gasteiger partial charge in [-0.1, -0.05) is 24.3 Å². The van der Waals surface area contributed by atoms with Gasteiger partial charge in [0.1, 0.15) is 23.8 Å². The number of carbonyl (C=O) groups is 2. The fourth-order valence-corrected chi connectivity index (χ4v) is 4.14. The molecule has 1 aromatic heterocycles. The van der Waals surface area contributed by atoms with Crippen molar-refractivity contribution in [1.29, 1.82) is 0 Å². The van der Waals surface area contributed by atoms with Gasteiger partial charge in [-0.3, -0.25) is 4.79 Å². The Morgan fingerprint density at radius 3 is 2.72 bits per heavy atom. The lowest BCUT2D eigenvalue weighted by molar-refractivity contribution is -0.123. The molecule has 1 aliphatic rings. The average Bonchev–Trinajstić information content (AvgIpc) is 2.82. The zero-order chi connectivity index (χ0) is 28.6. The third-order valence-electron chi connectivity index (χ3n) is 5.83. The third kappa shape index (κ3) is 10.1. The van der Waals surface area contributed by atoms with Gasteiger partial charge >= 0.3 is 6.09 Å². The summed E-state index contributed by atoms with van der Waals surface area (Å²) >= 11 is 0. The molecule has 10 heteroatoms. The average molecular weight is 539 g/mol. The van der Waals surface area contributed by atoms with Crippen molar-refractivity contribution in [3.8, 4) is 11.8 Å². The topological polar surface area (TPSA) is 108 Å². The zero-order valence-electron chi connectivity index (χ0n) is 23.6. The van der Waals surface area contributed by atoms with Crippen LogP contribution in [0.4, 0.5) is 26.6 Å². The highest BCUT2D eigenvalue weighted by Crippen LogP contribution is 2.25. The van der Waals surface area contributed by atoms with Crippen LogP contribution >= 0.6 is 0 Å². The van der Waals surface area contributed by atoms with Gasteiger partial charge < -0.3 is 25.6 Å². The second-order valence-electron chi connectivity index (χ2n) is 11.1. The number of hydrogen-bond acceptors (Lipinski definition) is 7. The number of likely N-dealkylation sites (N-methyl/N-ethyl adjacent to an activating group) is 1. The standard InChI is InChI=1S/C29H39FN6O3/c1-19(2)32-26-21(17-31-27(35-26)34-24-12-8-10-22(30)16-24)14-13-20-9-7-11-23(15-20)33-25(37)18-36(6)28(38)39-29(3,4)5/h8,10,12,16-17,19-20,23H,7,9,11,15,18H2,1-6H3,(H,33,37)(H2,31,32,34,35)/t20-,23-/m0/s1. The Labute approximate surface area is 230 Å². The first-order chi connectivity index (χ1) is 18.4. The molecule has 2 aromatic rings. The molecule has 0 bridgehead atoms. The first kappa shape index (κ1) is 29.7. The summed E-state index contributed by atoms with van der Waals surface area (Å²) in [5.74, 6) is 7.03. The predicted octanol–water partition coefficient (Wildman–Crippen LogP) is 5.07. The Bertz CT molecular complexity index is 1220. The summed E-state index contributed by atoms with van der Waals surface area (Å²) in [6, 6.07) is 6.21. The molecule has 1 aliphatic carbocycles. The molecule has 0 aliphatic heterocycles. The maximum Gasteiger partial charge on any atom is 0.410 e. The Kier molecular flexibility index (Phi) is 10.1. The minimum absolute atomic E-state index is 0.0139. The normalized spacial score (nSPS) is 17.0. The fourth-order valence-electron chi connectivity index (χ4n) is 4.14. The molecule has 0 radical (unpaired) electrons. The molecule has 1 saturated carbocycles. The van der Waals surface area contributed by atoms with E-state index in [1.807, 2.05) is 13.8 Å². The molecular weight excluding hydrogens is 499 g/mol. The summed E-state index contributed by atoms with van der Waals surface area (Å²) in [6.07, 6.45) is 4.59. The smallest absolute Gasteiger partial charge is 0.410 e. The summed E-state index contributed by atoms with van der Waals surface area (Å²) < 4.78 is 18.9. The van der Waals surface area contributed by atoms with Gasteiger partial charge in [0, 0.05) is 30.7 Å². The second kappa shape index (κ2) is 13.3. The number of carbonyl (C=O) groups excluding carboxylic acids is 2. The van der Waals surface area contributed by atoms with Crippen molar-refractivity contribution in [1.82, 2.24) is 20.2 Å². The van der Waals surface area contributed by atoms with Gasteiger partial charge in [0.25, 0.3) is 0 Å². The van der Waals surface area contributed by atoms with Crippen molar-refractivity contribution in [2.75, 3.05) is 24.2 Å². The Morgan fingerprint density at radius 2 is 2.03 bits per heavy atom. The van der Waals surface area contributed by atoms with Crippen molar-refractivity contribution < 1.29 is 18.7 Å². The number of halogens is 1. The van der Waals surface area contributed by atoms with Crippen LogP contribution in [0.1, 0.15) is 65.9 Å². The highest BCUT2D eigenvalue weighted by atomic mass is 19.1.